The Labute approximate surface area is 126 Å². The lowest BCUT2D eigenvalue weighted by molar-refractivity contribution is 0.0525. The maximum Gasteiger partial charge on any atom is 0.341 e. The van der Waals surface area contributed by atoms with Gasteiger partial charge in [-0.05, 0) is 18.2 Å². The molecule has 1 aromatic carbocycles. The van der Waals surface area contributed by atoms with Gasteiger partial charge in [0.15, 0.2) is 0 Å². The number of carbonyl (C=O) groups excluding carboxylic acids is 2. The molecule has 0 saturated carbocycles. The molecule has 0 aliphatic carbocycles. The number of hydrogen-bond donors (Lipinski definition) is 0. The van der Waals surface area contributed by atoms with Crippen LogP contribution in [0.15, 0.2) is 18.2 Å². The average molecular weight is 321 g/mol. The van der Waals surface area contributed by atoms with Crippen LogP contribution in [0.25, 0.3) is 0 Å². The second-order valence-electron chi connectivity index (χ2n) is 3.56. The Bertz CT molecular complexity index is 476. The van der Waals surface area contributed by atoms with Gasteiger partial charge in [0.2, 0.25) is 0 Å². The highest BCUT2D eigenvalue weighted by atomic mass is 35.5. The summed E-state index contributed by atoms with van der Waals surface area (Å²) in [6.45, 7) is 0.170. The van der Waals surface area contributed by atoms with E-state index in [2.05, 4.69) is 0 Å². The lowest BCUT2D eigenvalue weighted by Crippen LogP contribution is -2.12. The largest absolute Gasteiger partial charge is 0.496 e. The maximum absolute atomic E-state index is 11.8. The molecule has 0 bridgehead atoms. The van der Waals surface area contributed by atoms with Crippen molar-refractivity contribution in [2.75, 3.05) is 32.1 Å². The Kier molecular flexibility index (Phi) is 7.18. The van der Waals surface area contributed by atoms with E-state index in [1.807, 2.05) is 0 Å². The van der Waals surface area contributed by atoms with Gasteiger partial charge in [0.05, 0.1) is 24.4 Å². The molecule has 0 spiro atoms. The van der Waals surface area contributed by atoms with Crippen molar-refractivity contribution in [1.29, 1.82) is 0 Å². The fraction of sp³-hybridized carbons (Fsp3) is 0.385. The molecular formula is C13H14Cl2O5. The van der Waals surface area contributed by atoms with Crippen molar-refractivity contribution in [3.05, 3.63) is 29.3 Å². The van der Waals surface area contributed by atoms with Crippen molar-refractivity contribution >= 4 is 35.1 Å². The van der Waals surface area contributed by atoms with Crippen molar-refractivity contribution < 1.29 is 23.8 Å². The average Bonchev–Trinajstić information content (AvgIpc) is 2.49. The van der Waals surface area contributed by atoms with Gasteiger partial charge in [0.25, 0.3) is 0 Å². The van der Waals surface area contributed by atoms with Crippen LogP contribution in [0, 0.1) is 0 Å². The standard InChI is InChI=1S/C13H14Cl2O5/c1-18-11-3-2-9(12(16)19-6-4-14)8-10(11)13(17)20-7-5-15/h2-3,8H,4-7H2,1H3. The summed E-state index contributed by atoms with van der Waals surface area (Å²) in [7, 11) is 1.42. The van der Waals surface area contributed by atoms with Crippen LogP contribution >= 0.6 is 23.2 Å². The number of esters is 2. The van der Waals surface area contributed by atoms with E-state index in [-0.39, 0.29) is 36.1 Å². The Balaban J connectivity index is 2.96. The molecule has 0 saturated heterocycles. The van der Waals surface area contributed by atoms with Crippen LogP contribution in [0.5, 0.6) is 5.75 Å². The Hall–Kier alpha value is -1.46. The summed E-state index contributed by atoms with van der Waals surface area (Å²) in [5, 5.41) is 0. The molecule has 0 unspecified atom stereocenters. The van der Waals surface area contributed by atoms with Gasteiger partial charge in [0.1, 0.15) is 24.5 Å². The van der Waals surface area contributed by atoms with Crippen molar-refractivity contribution in [2.24, 2.45) is 0 Å². The molecule has 20 heavy (non-hydrogen) atoms. The van der Waals surface area contributed by atoms with Crippen molar-refractivity contribution in [3.8, 4) is 5.75 Å². The molecule has 0 aliphatic rings. The molecule has 0 fully saturated rings. The molecule has 0 heterocycles. The van der Waals surface area contributed by atoms with Crippen molar-refractivity contribution in [3.63, 3.8) is 0 Å². The third-order valence-electron chi connectivity index (χ3n) is 2.28. The summed E-state index contributed by atoms with van der Waals surface area (Å²) in [4.78, 5) is 23.5. The number of methoxy groups -OCH3 is 1. The van der Waals surface area contributed by atoms with Gasteiger partial charge in [-0.25, -0.2) is 9.59 Å². The number of halogens is 2. The molecule has 0 aliphatic heterocycles. The van der Waals surface area contributed by atoms with Crippen LogP contribution in [0.2, 0.25) is 0 Å². The third kappa shape index (κ3) is 4.58. The van der Waals surface area contributed by atoms with Gasteiger partial charge in [-0.3, -0.25) is 0 Å². The topological polar surface area (TPSA) is 61.8 Å². The summed E-state index contributed by atoms with van der Waals surface area (Å²) in [5.74, 6) is -0.495. The lowest BCUT2D eigenvalue weighted by Gasteiger charge is -2.10. The highest BCUT2D eigenvalue weighted by Gasteiger charge is 2.17. The highest BCUT2D eigenvalue weighted by molar-refractivity contribution is 6.18. The van der Waals surface area contributed by atoms with E-state index in [4.69, 9.17) is 37.4 Å². The van der Waals surface area contributed by atoms with E-state index < -0.39 is 11.9 Å². The molecule has 0 N–H and O–H groups in total. The first-order chi connectivity index (χ1) is 9.63. The molecule has 0 amide bonds. The van der Waals surface area contributed by atoms with Gasteiger partial charge < -0.3 is 14.2 Å². The summed E-state index contributed by atoms with van der Waals surface area (Å²) in [5.41, 5.74) is 0.353. The fourth-order valence-electron chi connectivity index (χ4n) is 1.42. The third-order valence-corrected chi connectivity index (χ3v) is 2.58. The zero-order valence-corrected chi connectivity index (χ0v) is 12.4. The number of rotatable bonds is 7. The van der Waals surface area contributed by atoms with Crippen LogP contribution in [0.1, 0.15) is 20.7 Å². The lowest BCUT2D eigenvalue weighted by atomic mass is 10.1. The smallest absolute Gasteiger partial charge is 0.341 e. The van der Waals surface area contributed by atoms with E-state index in [0.29, 0.717) is 5.75 Å². The van der Waals surface area contributed by atoms with Crippen LogP contribution in [0.4, 0.5) is 0 Å². The van der Waals surface area contributed by atoms with Crippen LogP contribution in [0.3, 0.4) is 0 Å². The first kappa shape index (κ1) is 16.6. The number of ether oxygens (including phenoxy) is 3. The van der Waals surface area contributed by atoms with Crippen LogP contribution < -0.4 is 4.74 Å². The molecule has 1 rings (SSSR count). The highest BCUT2D eigenvalue weighted by Crippen LogP contribution is 2.21. The van der Waals surface area contributed by atoms with E-state index in [0.717, 1.165) is 0 Å². The Morgan fingerprint density at radius 3 is 2.20 bits per heavy atom. The first-order valence-electron chi connectivity index (χ1n) is 5.78. The fourth-order valence-corrected chi connectivity index (χ4v) is 1.57. The summed E-state index contributed by atoms with van der Waals surface area (Å²) in [6.07, 6.45) is 0. The number of alkyl halides is 2. The minimum atomic E-state index is -0.616. The molecule has 5 nitrogen and oxygen atoms in total. The predicted octanol–water partition coefficient (Wildman–Crippen LogP) is 2.49. The number of hydrogen-bond acceptors (Lipinski definition) is 5. The molecule has 7 heteroatoms. The number of carbonyl (C=O) groups is 2. The van der Waals surface area contributed by atoms with Crippen molar-refractivity contribution in [2.45, 2.75) is 0 Å². The zero-order chi connectivity index (χ0) is 15.0. The van der Waals surface area contributed by atoms with E-state index in [9.17, 15) is 9.59 Å². The number of benzene rings is 1. The summed E-state index contributed by atoms with van der Waals surface area (Å²) < 4.78 is 14.8. The Morgan fingerprint density at radius 2 is 1.65 bits per heavy atom. The maximum atomic E-state index is 11.8. The summed E-state index contributed by atoms with van der Waals surface area (Å²) in [6, 6.07) is 4.34. The SMILES string of the molecule is COc1ccc(C(=O)OCCCl)cc1C(=O)OCCCl. The van der Waals surface area contributed by atoms with Gasteiger partial charge in [0, 0.05) is 0 Å². The van der Waals surface area contributed by atoms with Crippen LogP contribution in [-0.4, -0.2) is 44.0 Å². The molecule has 110 valence electrons. The molecule has 0 radical (unpaired) electrons. The van der Waals surface area contributed by atoms with E-state index in [1.165, 1.54) is 25.3 Å². The van der Waals surface area contributed by atoms with Gasteiger partial charge in [-0.2, -0.15) is 0 Å². The zero-order valence-electron chi connectivity index (χ0n) is 10.9. The molecule has 0 atom stereocenters. The van der Waals surface area contributed by atoms with Crippen LogP contribution in [-0.2, 0) is 9.47 Å². The second kappa shape index (κ2) is 8.66. The van der Waals surface area contributed by atoms with E-state index >= 15 is 0 Å². The van der Waals surface area contributed by atoms with E-state index in [1.54, 1.807) is 0 Å². The molecule has 0 aromatic heterocycles. The van der Waals surface area contributed by atoms with Crippen molar-refractivity contribution in [1.82, 2.24) is 0 Å². The second-order valence-corrected chi connectivity index (χ2v) is 4.32. The van der Waals surface area contributed by atoms with Gasteiger partial charge in [-0.15, -0.1) is 23.2 Å². The quantitative estimate of drug-likeness (QED) is 0.570. The minimum absolute atomic E-state index is 0.0739. The molecular weight excluding hydrogens is 307 g/mol. The first-order valence-corrected chi connectivity index (χ1v) is 6.85. The van der Waals surface area contributed by atoms with Gasteiger partial charge >= 0.3 is 11.9 Å². The minimum Gasteiger partial charge on any atom is -0.496 e. The monoisotopic (exact) mass is 320 g/mol. The molecule has 1 aromatic rings. The van der Waals surface area contributed by atoms with Gasteiger partial charge in [-0.1, -0.05) is 0 Å². The predicted molar refractivity (Wildman–Crippen MR) is 75.0 cm³/mol. The summed E-state index contributed by atoms with van der Waals surface area (Å²) >= 11 is 10.9. The Morgan fingerprint density at radius 1 is 1.05 bits per heavy atom. The normalized spacial score (nSPS) is 9.95.